The molecule has 1 aliphatic rings. The maximum absolute atomic E-state index is 13.9. The summed E-state index contributed by atoms with van der Waals surface area (Å²) in [6.07, 6.45) is -4.86. The summed E-state index contributed by atoms with van der Waals surface area (Å²) in [5.41, 5.74) is 2.63. The molecule has 2 heterocycles. The van der Waals surface area contributed by atoms with Crippen molar-refractivity contribution < 1.29 is 27.4 Å². The van der Waals surface area contributed by atoms with Gasteiger partial charge in [0.15, 0.2) is 0 Å². The van der Waals surface area contributed by atoms with Crippen LogP contribution in [0.4, 0.5) is 29.3 Å². The monoisotopic (exact) mass is 625 g/mol. The number of hydrogen-bond donors (Lipinski definition) is 3. The Morgan fingerprint density at radius 1 is 1.07 bits per heavy atom. The van der Waals surface area contributed by atoms with Crippen LogP contribution in [-0.4, -0.2) is 60.6 Å². The predicted octanol–water partition coefficient (Wildman–Crippen LogP) is 6.19. The number of aliphatic hydroxyl groups is 1. The highest BCUT2D eigenvalue weighted by Crippen LogP contribution is 2.37. The molecule has 0 aliphatic heterocycles. The van der Waals surface area contributed by atoms with Gasteiger partial charge in [0, 0.05) is 37.6 Å². The molecule has 0 amide bonds. The van der Waals surface area contributed by atoms with Crippen LogP contribution in [0, 0.1) is 5.82 Å². The topological polar surface area (TPSA) is 82.5 Å². The van der Waals surface area contributed by atoms with Crippen LogP contribution in [0.25, 0.3) is 21.3 Å². The molecule has 1 aliphatic carbocycles. The average Bonchev–Trinajstić information content (AvgIpc) is 3.51. The van der Waals surface area contributed by atoms with Gasteiger partial charge in [0.25, 0.3) is 0 Å². The molecule has 5 rings (SSSR count). The second kappa shape index (κ2) is 13.0. The third kappa shape index (κ3) is 7.23. The van der Waals surface area contributed by atoms with E-state index in [1.807, 2.05) is 29.2 Å². The number of rotatable bonds is 9. The minimum Gasteiger partial charge on any atom is -0.497 e. The van der Waals surface area contributed by atoms with Gasteiger partial charge >= 0.3 is 6.18 Å². The molecule has 0 bridgehead atoms. The fourth-order valence-corrected chi connectivity index (χ4v) is 6.33. The zero-order chi connectivity index (χ0) is 29.3. The van der Waals surface area contributed by atoms with Crippen molar-refractivity contribution >= 4 is 45.7 Å². The quantitative estimate of drug-likeness (QED) is 0.191. The second-order valence-electron chi connectivity index (χ2n) is 10.2. The molecule has 1 saturated carbocycles. The summed E-state index contributed by atoms with van der Waals surface area (Å²) in [6.45, 7) is 0.577. The molecule has 2 aromatic heterocycles. The van der Waals surface area contributed by atoms with E-state index >= 15 is 0 Å². The van der Waals surface area contributed by atoms with Crippen LogP contribution in [0.2, 0.25) is 0 Å². The minimum atomic E-state index is -4.32. The summed E-state index contributed by atoms with van der Waals surface area (Å²) in [6, 6.07) is 13.6. The molecule has 0 radical (unpaired) electrons. The van der Waals surface area contributed by atoms with Crippen molar-refractivity contribution in [1.29, 1.82) is 0 Å². The fourth-order valence-electron chi connectivity index (χ4n) is 5.28. The first kappa shape index (κ1) is 31.7. The van der Waals surface area contributed by atoms with Gasteiger partial charge in [0.2, 0.25) is 5.95 Å². The van der Waals surface area contributed by atoms with Crippen LogP contribution >= 0.6 is 23.7 Å². The van der Waals surface area contributed by atoms with Gasteiger partial charge in [-0.15, -0.1) is 23.7 Å². The number of nitrogens with zero attached hydrogens (tertiary/aromatic N) is 3. The Morgan fingerprint density at radius 2 is 1.81 bits per heavy atom. The van der Waals surface area contributed by atoms with E-state index in [2.05, 4.69) is 20.6 Å². The standard InChI is InChI=1S/C29H31F4N5O2S.ClH/c1-34-28-36-26(23-13-22(14-29(31,32)33)41-27(23)37-28)38(2)24-11-20(12-25(24)39)35-15-16-4-6-17(7-5-16)18-8-19(30)10-21(9-18)40-3;/h4-10,13,20,24-25,35,39H,11-12,14-15H2,1-3H3,(H,34,36,37);1H/t20-,24+,25-;/m1./s1. The van der Waals surface area contributed by atoms with Crippen LogP contribution in [0.5, 0.6) is 5.75 Å². The summed E-state index contributed by atoms with van der Waals surface area (Å²) in [4.78, 5) is 11.4. The first-order chi connectivity index (χ1) is 19.5. The predicted molar refractivity (Wildman–Crippen MR) is 160 cm³/mol. The smallest absolute Gasteiger partial charge is 0.393 e. The van der Waals surface area contributed by atoms with Gasteiger partial charge in [0.1, 0.15) is 22.2 Å². The number of methoxy groups -OCH3 is 1. The number of ether oxygens (including phenoxy) is 1. The Balaban J connectivity index is 0.00000405. The summed E-state index contributed by atoms with van der Waals surface area (Å²) in [5.74, 6) is 0.881. The highest BCUT2D eigenvalue weighted by Gasteiger charge is 2.37. The lowest BCUT2D eigenvalue weighted by Crippen LogP contribution is -2.38. The zero-order valence-electron chi connectivity index (χ0n) is 23.2. The number of fused-ring (bicyclic) bond motifs is 1. The molecule has 226 valence electrons. The molecule has 0 spiro atoms. The number of thiophene rings is 1. The fraction of sp³-hybridized carbons (Fsp3) is 0.379. The summed E-state index contributed by atoms with van der Waals surface area (Å²) in [5, 5.41) is 17.9. The lowest BCUT2D eigenvalue weighted by Gasteiger charge is -2.29. The number of nitrogens with one attached hydrogen (secondary N) is 2. The second-order valence-corrected chi connectivity index (χ2v) is 11.3. The lowest BCUT2D eigenvalue weighted by molar-refractivity contribution is -0.126. The average molecular weight is 626 g/mol. The Kier molecular flexibility index (Phi) is 9.81. The van der Waals surface area contributed by atoms with Gasteiger partial charge in [-0.25, -0.2) is 9.37 Å². The molecule has 42 heavy (non-hydrogen) atoms. The molecule has 4 aromatic rings. The van der Waals surface area contributed by atoms with Crippen LogP contribution in [0.1, 0.15) is 23.3 Å². The highest BCUT2D eigenvalue weighted by molar-refractivity contribution is 7.18. The van der Waals surface area contributed by atoms with Crippen molar-refractivity contribution in [2.45, 2.75) is 50.2 Å². The van der Waals surface area contributed by atoms with E-state index in [0.717, 1.165) is 28.0 Å². The van der Waals surface area contributed by atoms with Crippen molar-refractivity contribution in [3.05, 3.63) is 64.8 Å². The SMILES string of the molecule is CNc1nc(N(C)[C@H]2C[C@@H](NCc3ccc(-c4cc(F)cc(OC)c4)cc3)C[C@H]2O)c2cc(CC(F)(F)F)sc2n1.Cl. The molecule has 3 N–H and O–H groups in total. The number of alkyl halides is 3. The van der Waals surface area contributed by atoms with Crippen LogP contribution < -0.4 is 20.3 Å². The van der Waals surface area contributed by atoms with E-state index in [9.17, 15) is 22.7 Å². The number of benzene rings is 2. The third-order valence-corrected chi connectivity index (χ3v) is 8.37. The van der Waals surface area contributed by atoms with Crippen molar-refractivity contribution in [1.82, 2.24) is 15.3 Å². The van der Waals surface area contributed by atoms with Gasteiger partial charge in [-0.1, -0.05) is 24.3 Å². The van der Waals surface area contributed by atoms with Crippen molar-refractivity contribution in [3.8, 4) is 16.9 Å². The van der Waals surface area contributed by atoms with Gasteiger partial charge in [-0.3, -0.25) is 0 Å². The molecule has 0 saturated heterocycles. The Morgan fingerprint density at radius 3 is 2.48 bits per heavy atom. The van der Waals surface area contributed by atoms with E-state index in [1.165, 1.54) is 25.3 Å². The zero-order valence-corrected chi connectivity index (χ0v) is 24.8. The van der Waals surface area contributed by atoms with Gasteiger partial charge < -0.3 is 25.4 Å². The largest absolute Gasteiger partial charge is 0.497 e. The molecular weight excluding hydrogens is 594 g/mol. The van der Waals surface area contributed by atoms with E-state index in [-0.39, 0.29) is 35.2 Å². The Bertz CT molecular complexity index is 1520. The normalized spacial score (nSPS) is 18.6. The minimum absolute atomic E-state index is 0. The van der Waals surface area contributed by atoms with Crippen LogP contribution in [0.3, 0.4) is 0 Å². The van der Waals surface area contributed by atoms with E-state index in [1.54, 1.807) is 20.2 Å². The van der Waals surface area contributed by atoms with Crippen LogP contribution in [0.15, 0.2) is 48.5 Å². The van der Waals surface area contributed by atoms with Gasteiger partial charge in [0.05, 0.1) is 31.1 Å². The van der Waals surface area contributed by atoms with Crippen molar-refractivity contribution in [3.63, 3.8) is 0 Å². The van der Waals surface area contributed by atoms with Crippen molar-refractivity contribution in [2.24, 2.45) is 0 Å². The van der Waals surface area contributed by atoms with Crippen molar-refractivity contribution in [2.75, 3.05) is 31.4 Å². The summed E-state index contributed by atoms with van der Waals surface area (Å²) < 4.78 is 58.2. The van der Waals surface area contributed by atoms with Gasteiger partial charge in [-0.2, -0.15) is 18.2 Å². The number of likely N-dealkylation sites (N-methyl/N-ethyl adjacent to an activating group) is 1. The maximum atomic E-state index is 13.9. The third-order valence-electron chi connectivity index (χ3n) is 7.34. The first-order valence-corrected chi connectivity index (χ1v) is 14.0. The number of anilines is 2. The summed E-state index contributed by atoms with van der Waals surface area (Å²) >= 11 is 0.999. The molecule has 0 unspecified atom stereocenters. The van der Waals surface area contributed by atoms with Crippen LogP contribution in [-0.2, 0) is 13.0 Å². The number of halogens is 5. The number of hydrogen-bond acceptors (Lipinski definition) is 8. The molecule has 13 heteroatoms. The molecular formula is C29H32ClF4N5O2S. The highest BCUT2D eigenvalue weighted by atomic mass is 35.5. The Labute approximate surface area is 251 Å². The molecule has 2 aromatic carbocycles. The number of aromatic nitrogens is 2. The molecule has 1 fully saturated rings. The van der Waals surface area contributed by atoms with E-state index in [0.29, 0.717) is 47.1 Å². The molecule has 3 atom stereocenters. The first-order valence-electron chi connectivity index (χ1n) is 13.2. The number of aliphatic hydroxyl groups excluding tert-OH is 1. The maximum Gasteiger partial charge on any atom is 0.393 e. The summed E-state index contributed by atoms with van der Waals surface area (Å²) in [7, 11) is 4.96. The lowest BCUT2D eigenvalue weighted by atomic mass is 10.0. The molecule has 7 nitrogen and oxygen atoms in total. The Hall–Kier alpha value is -3.19. The van der Waals surface area contributed by atoms with E-state index < -0.39 is 18.7 Å². The van der Waals surface area contributed by atoms with E-state index in [4.69, 9.17) is 4.74 Å². The van der Waals surface area contributed by atoms with Gasteiger partial charge in [-0.05, 0) is 47.7 Å².